The first-order valence-corrected chi connectivity index (χ1v) is 6.31. The molecule has 0 aliphatic carbocycles. The van der Waals surface area contributed by atoms with E-state index in [1.807, 2.05) is 20.8 Å². The van der Waals surface area contributed by atoms with Gasteiger partial charge in [0, 0.05) is 5.41 Å². The zero-order valence-corrected chi connectivity index (χ0v) is 12.4. The molecule has 0 radical (unpaired) electrons. The molecule has 0 aromatic heterocycles. The van der Waals surface area contributed by atoms with Gasteiger partial charge in [-0.3, -0.25) is 4.79 Å². The molecule has 0 heterocycles. The Morgan fingerprint density at radius 3 is 2.00 bits per heavy atom. The Morgan fingerprint density at radius 2 is 1.63 bits per heavy atom. The first-order valence-electron chi connectivity index (χ1n) is 6.31. The molecule has 6 heteroatoms. The van der Waals surface area contributed by atoms with E-state index >= 15 is 0 Å². The lowest BCUT2D eigenvalue weighted by molar-refractivity contribution is -0.142. The topological polar surface area (TPSA) is 113 Å². The fourth-order valence-electron chi connectivity index (χ4n) is 1.35. The monoisotopic (exact) mass is 277 g/mol. The maximum absolute atomic E-state index is 10.8. The minimum atomic E-state index is -1.63. The smallest absolute Gasteiger partial charge is 0.248 e. The van der Waals surface area contributed by atoms with Crippen molar-refractivity contribution in [2.75, 3.05) is 13.2 Å². The van der Waals surface area contributed by atoms with Crippen LogP contribution in [0.4, 0.5) is 0 Å². The van der Waals surface area contributed by atoms with Crippen LogP contribution in [0, 0.1) is 10.8 Å². The number of hydrogen-bond donors (Lipinski definition) is 4. The molecule has 0 aromatic rings. The molecule has 0 saturated heterocycles. The number of hydrogen-bond acceptors (Lipinski definition) is 5. The molecule has 0 aromatic carbocycles. The SMILES string of the molecule is CC(C)(C)[C@H](O)COCC(C)(C)[C@H](O)[C@@H](O)C(N)=O. The molecule has 19 heavy (non-hydrogen) atoms. The zero-order chi connectivity index (χ0) is 15.4. The van der Waals surface area contributed by atoms with E-state index in [-0.39, 0.29) is 18.6 Å². The van der Waals surface area contributed by atoms with Crippen LogP contribution in [0.2, 0.25) is 0 Å². The van der Waals surface area contributed by atoms with Gasteiger partial charge in [-0.15, -0.1) is 0 Å². The summed E-state index contributed by atoms with van der Waals surface area (Å²) in [6.45, 7) is 9.16. The first kappa shape index (κ1) is 18.3. The third-order valence-electron chi connectivity index (χ3n) is 3.14. The van der Waals surface area contributed by atoms with Crippen molar-refractivity contribution in [2.45, 2.75) is 52.9 Å². The van der Waals surface area contributed by atoms with Crippen LogP contribution in [0.25, 0.3) is 0 Å². The summed E-state index contributed by atoms with van der Waals surface area (Å²) in [6.07, 6.45) is -3.59. The fourth-order valence-corrected chi connectivity index (χ4v) is 1.35. The lowest BCUT2D eigenvalue weighted by Crippen LogP contribution is -2.48. The molecular formula is C13H27NO5. The second-order valence-corrected chi connectivity index (χ2v) is 6.68. The highest BCUT2D eigenvalue weighted by Crippen LogP contribution is 2.25. The zero-order valence-electron chi connectivity index (χ0n) is 12.4. The first-order chi connectivity index (χ1) is 8.39. The van der Waals surface area contributed by atoms with Crippen LogP contribution < -0.4 is 5.73 Å². The summed E-state index contributed by atoms with van der Waals surface area (Å²) in [5.74, 6) is -0.977. The fraction of sp³-hybridized carbons (Fsp3) is 0.923. The summed E-state index contributed by atoms with van der Waals surface area (Å²) >= 11 is 0. The number of carbonyl (C=O) groups is 1. The highest BCUT2D eigenvalue weighted by Gasteiger charge is 2.36. The second-order valence-electron chi connectivity index (χ2n) is 6.68. The maximum Gasteiger partial charge on any atom is 0.248 e. The Kier molecular flexibility index (Phi) is 6.41. The van der Waals surface area contributed by atoms with Crippen LogP contribution >= 0.6 is 0 Å². The van der Waals surface area contributed by atoms with Gasteiger partial charge in [-0.05, 0) is 5.41 Å². The largest absolute Gasteiger partial charge is 0.390 e. The van der Waals surface area contributed by atoms with Crippen LogP contribution in [-0.2, 0) is 9.53 Å². The molecule has 0 unspecified atom stereocenters. The van der Waals surface area contributed by atoms with Crippen molar-refractivity contribution in [1.82, 2.24) is 0 Å². The lowest BCUT2D eigenvalue weighted by atomic mass is 9.84. The standard InChI is InChI=1S/C13H27NO5/c1-12(2,3)8(15)6-19-7-13(4,5)10(17)9(16)11(14)18/h8-10,15-17H,6-7H2,1-5H3,(H2,14,18)/t8-,9-,10-/m1/s1. The number of primary amides is 1. The van der Waals surface area contributed by atoms with Crippen molar-refractivity contribution >= 4 is 5.91 Å². The van der Waals surface area contributed by atoms with Gasteiger partial charge in [0.05, 0.1) is 25.4 Å². The highest BCUT2D eigenvalue weighted by atomic mass is 16.5. The number of amides is 1. The molecule has 0 aliphatic rings. The number of nitrogens with two attached hydrogens (primary N) is 1. The number of carbonyl (C=O) groups excluding carboxylic acids is 1. The lowest BCUT2D eigenvalue weighted by Gasteiger charge is -2.33. The molecule has 0 spiro atoms. The van der Waals surface area contributed by atoms with E-state index in [1.54, 1.807) is 13.8 Å². The normalized spacial score (nSPS) is 17.9. The van der Waals surface area contributed by atoms with Gasteiger partial charge in [0.15, 0.2) is 6.10 Å². The minimum absolute atomic E-state index is 0.0889. The van der Waals surface area contributed by atoms with Crippen LogP contribution in [0.5, 0.6) is 0 Å². The quantitative estimate of drug-likeness (QED) is 0.508. The second kappa shape index (κ2) is 6.65. The number of rotatable bonds is 7. The predicted molar refractivity (Wildman–Crippen MR) is 71.3 cm³/mol. The van der Waals surface area contributed by atoms with Crippen LogP contribution in [0.1, 0.15) is 34.6 Å². The summed E-state index contributed by atoms with van der Waals surface area (Å²) in [4.78, 5) is 10.8. The molecule has 0 saturated carbocycles. The average molecular weight is 277 g/mol. The van der Waals surface area contributed by atoms with Gasteiger partial charge in [0.1, 0.15) is 0 Å². The Morgan fingerprint density at radius 1 is 1.16 bits per heavy atom. The number of aliphatic hydroxyl groups is 3. The molecule has 3 atom stereocenters. The minimum Gasteiger partial charge on any atom is -0.390 e. The third-order valence-corrected chi connectivity index (χ3v) is 3.14. The molecule has 0 aliphatic heterocycles. The van der Waals surface area contributed by atoms with Crippen molar-refractivity contribution in [3.63, 3.8) is 0 Å². The van der Waals surface area contributed by atoms with Gasteiger partial charge in [-0.2, -0.15) is 0 Å². The van der Waals surface area contributed by atoms with Crippen LogP contribution in [0.3, 0.4) is 0 Å². The van der Waals surface area contributed by atoms with E-state index in [9.17, 15) is 20.1 Å². The molecule has 0 rings (SSSR count). The summed E-state index contributed by atoms with van der Waals surface area (Å²) in [7, 11) is 0. The summed E-state index contributed by atoms with van der Waals surface area (Å²) in [5, 5.41) is 29.1. The summed E-state index contributed by atoms with van der Waals surface area (Å²) in [6, 6.07) is 0. The van der Waals surface area contributed by atoms with Gasteiger partial charge in [-0.25, -0.2) is 0 Å². The molecular weight excluding hydrogens is 250 g/mol. The molecule has 114 valence electrons. The van der Waals surface area contributed by atoms with E-state index < -0.39 is 29.6 Å². The van der Waals surface area contributed by atoms with Gasteiger partial charge in [0.25, 0.3) is 0 Å². The van der Waals surface area contributed by atoms with Crippen molar-refractivity contribution in [3.05, 3.63) is 0 Å². The van der Waals surface area contributed by atoms with Gasteiger partial charge in [-0.1, -0.05) is 34.6 Å². The third kappa shape index (κ3) is 5.86. The summed E-state index contributed by atoms with van der Waals surface area (Å²) < 4.78 is 5.36. The number of aliphatic hydroxyl groups excluding tert-OH is 3. The Labute approximate surface area is 114 Å². The maximum atomic E-state index is 10.8. The Balaban J connectivity index is 4.35. The molecule has 0 bridgehead atoms. The van der Waals surface area contributed by atoms with E-state index in [0.29, 0.717) is 0 Å². The van der Waals surface area contributed by atoms with Crippen molar-refractivity contribution < 1.29 is 24.9 Å². The number of ether oxygens (including phenoxy) is 1. The van der Waals surface area contributed by atoms with Crippen molar-refractivity contribution in [1.29, 1.82) is 0 Å². The summed E-state index contributed by atoms with van der Waals surface area (Å²) in [5.41, 5.74) is 3.79. The molecule has 6 nitrogen and oxygen atoms in total. The van der Waals surface area contributed by atoms with Crippen LogP contribution in [-0.4, -0.2) is 52.8 Å². The average Bonchev–Trinajstić information content (AvgIpc) is 2.25. The van der Waals surface area contributed by atoms with E-state index in [1.165, 1.54) is 0 Å². The Hall–Kier alpha value is -0.690. The van der Waals surface area contributed by atoms with Crippen molar-refractivity contribution in [3.8, 4) is 0 Å². The Bertz CT molecular complexity index is 298. The molecule has 1 amide bonds. The van der Waals surface area contributed by atoms with Crippen molar-refractivity contribution in [2.24, 2.45) is 16.6 Å². The van der Waals surface area contributed by atoms with Gasteiger partial charge >= 0.3 is 0 Å². The molecule has 5 N–H and O–H groups in total. The molecule has 0 fully saturated rings. The van der Waals surface area contributed by atoms with Gasteiger partial charge in [0.2, 0.25) is 5.91 Å². The van der Waals surface area contributed by atoms with Crippen LogP contribution in [0.15, 0.2) is 0 Å². The van der Waals surface area contributed by atoms with Gasteiger partial charge < -0.3 is 25.8 Å². The van der Waals surface area contributed by atoms with E-state index in [2.05, 4.69) is 0 Å². The van der Waals surface area contributed by atoms with E-state index in [4.69, 9.17) is 10.5 Å². The van der Waals surface area contributed by atoms with E-state index in [0.717, 1.165) is 0 Å². The highest BCUT2D eigenvalue weighted by molar-refractivity contribution is 5.79. The predicted octanol–water partition coefficient (Wildman–Crippen LogP) is -0.357.